The smallest absolute Gasteiger partial charge is 0.307 e. The first-order valence-corrected chi connectivity index (χ1v) is 7.66. The number of carbonyl (C=O) groups excluding carboxylic acids is 1. The summed E-state index contributed by atoms with van der Waals surface area (Å²) in [6, 6.07) is 8.40. The largest absolute Gasteiger partial charge is 0.454 e. The zero-order valence-corrected chi connectivity index (χ0v) is 11.8. The molecule has 0 spiro atoms. The first-order valence-electron chi connectivity index (χ1n) is 7.12. The van der Waals surface area contributed by atoms with Crippen molar-refractivity contribution in [2.24, 2.45) is 5.92 Å². The van der Waals surface area contributed by atoms with Gasteiger partial charge in [0.25, 0.3) is 0 Å². The molecule has 19 heavy (non-hydrogen) atoms. The number of esters is 1. The van der Waals surface area contributed by atoms with E-state index in [4.69, 9.17) is 16.3 Å². The van der Waals surface area contributed by atoms with Crippen LogP contribution in [0.2, 0.25) is 0 Å². The summed E-state index contributed by atoms with van der Waals surface area (Å²) in [6.45, 7) is 0. The molecule has 1 aromatic carbocycles. The number of aryl methyl sites for hydroxylation is 1. The minimum Gasteiger partial charge on any atom is -0.454 e. The van der Waals surface area contributed by atoms with E-state index in [0.29, 0.717) is 18.2 Å². The molecule has 1 aliphatic carbocycles. The van der Waals surface area contributed by atoms with Crippen LogP contribution in [-0.2, 0) is 21.6 Å². The third-order valence-electron chi connectivity index (χ3n) is 4.52. The van der Waals surface area contributed by atoms with E-state index in [-0.39, 0.29) is 11.6 Å². The van der Waals surface area contributed by atoms with E-state index in [2.05, 4.69) is 24.3 Å². The summed E-state index contributed by atoms with van der Waals surface area (Å²) in [7, 11) is 0. The Hall–Kier alpha value is -1.02. The number of halogens is 1. The lowest BCUT2D eigenvalue weighted by molar-refractivity contribution is -0.149. The first kappa shape index (κ1) is 13.0. The monoisotopic (exact) mass is 278 g/mol. The van der Waals surface area contributed by atoms with Crippen LogP contribution in [0.25, 0.3) is 0 Å². The van der Waals surface area contributed by atoms with Crippen molar-refractivity contribution >= 4 is 17.6 Å². The van der Waals surface area contributed by atoms with Crippen molar-refractivity contribution in [3.05, 3.63) is 35.4 Å². The second-order valence-corrected chi connectivity index (χ2v) is 5.98. The first-order chi connectivity index (χ1) is 9.26. The Balaban J connectivity index is 1.98. The van der Waals surface area contributed by atoms with E-state index in [1.807, 2.05) is 0 Å². The molecule has 1 heterocycles. The quantitative estimate of drug-likeness (QED) is 0.618. The van der Waals surface area contributed by atoms with Gasteiger partial charge in [-0.05, 0) is 43.2 Å². The fraction of sp³-hybridized carbons (Fsp3) is 0.562. The van der Waals surface area contributed by atoms with Gasteiger partial charge in [0.05, 0.1) is 6.42 Å². The zero-order chi connectivity index (χ0) is 13.3. The van der Waals surface area contributed by atoms with Crippen molar-refractivity contribution in [3.8, 4) is 0 Å². The van der Waals surface area contributed by atoms with Crippen molar-refractivity contribution in [3.63, 3.8) is 0 Å². The summed E-state index contributed by atoms with van der Waals surface area (Å²) in [4.78, 5) is 11.7. The number of benzene rings is 1. The van der Waals surface area contributed by atoms with Crippen molar-refractivity contribution in [2.45, 2.75) is 44.1 Å². The minimum atomic E-state index is -0.333. The van der Waals surface area contributed by atoms with Gasteiger partial charge in [0.2, 0.25) is 0 Å². The molecule has 1 aliphatic heterocycles. The Morgan fingerprint density at radius 1 is 1.37 bits per heavy atom. The molecule has 2 nitrogen and oxygen atoms in total. The van der Waals surface area contributed by atoms with Gasteiger partial charge in [-0.15, -0.1) is 11.6 Å². The maximum absolute atomic E-state index is 11.7. The predicted molar refractivity (Wildman–Crippen MR) is 75.2 cm³/mol. The molecule has 1 saturated carbocycles. The van der Waals surface area contributed by atoms with Crippen molar-refractivity contribution in [2.75, 3.05) is 5.88 Å². The number of hydrogen-bond acceptors (Lipinski definition) is 2. The van der Waals surface area contributed by atoms with Crippen LogP contribution in [0, 0.1) is 5.92 Å². The van der Waals surface area contributed by atoms with Crippen LogP contribution >= 0.6 is 11.6 Å². The van der Waals surface area contributed by atoms with E-state index in [1.54, 1.807) is 0 Å². The Labute approximate surface area is 119 Å². The van der Waals surface area contributed by atoms with Crippen LogP contribution < -0.4 is 0 Å². The van der Waals surface area contributed by atoms with Gasteiger partial charge in [0, 0.05) is 11.8 Å². The van der Waals surface area contributed by atoms with Gasteiger partial charge in [0.1, 0.15) is 5.60 Å². The maximum atomic E-state index is 11.7. The number of hydrogen-bond donors (Lipinski definition) is 0. The molecule has 3 rings (SSSR count). The summed E-state index contributed by atoms with van der Waals surface area (Å²) < 4.78 is 5.81. The summed E-state index contributed by atoms with van der Waals surface area (Å²) in [5, 5.41) is 0. The molecule has 102 valence electrons. The number of carbonyl (C=O) groups is 1. The summed E-state index contributed by atoms with van der Waals surface area (Å²) in [5.74, 6) is 1.01. The average molecular weight is 279 g/mol. The topological polar surface area (TPSA) is 26.3 Å². The van der Waals surface area contributed by atoms with Crippen molar-refractivity contribution in [1.82, 2.24) is 0 Å². The SMILES string of the molecule is O=C1C[C@@H]2CCC[C@]2(c2ccccc2CCCCl)O1. The molecule has 0 amide bonds. The number of rotatable bonds is 4. The van der Waals surface area contributed by atoms with Crippen LogP contribution in [-0.4, -0.2) is 11.8 Å². The second kappa shape index (κ2) is 5.16. The van der Waals surface area contributed by atoms with Gasteiger partial charge in [-0.1, -0.05) is 24.3 Å². The Morgan fingerprint density at radius 3 is 3.05 bits per heavy atom. The second-order valence-electron chi connectivity index (χ2n) is 5.61. The Morgan fingerprint density at radius 2 is 2.21 bits per heavy atom. The number of fused-ring (bicyclic) bond motifs is 1. The van der Waals surface area contributed by atoms with Crippen molar-refractivity contribution < 1.29 is 9.53 Å². The molecule has 2 aliphatic rings. The molecular weight excluding hydrogens is 260 g/mol. The van der Waals surface area contributed by atoms with Gasteiger partial charge in [0.15, 0.2) is 0 Å². The lowest BCUT2D eigenvalue weighted by Crippen LogP contribution is -2.29. The average Bonchev–Trinajstić information content (AvgIpc) is 2.93. The molecule has 1 saturated heterocycles. The molecular formula is C16H19ClO2. The van der Waals surface area contributed by atoms with E-state index in [9.17, 15) is 4.79 Å². The maximum Gasteiger partial charge on any atom is 0.307 e. The summed E-state index contributed by atoms with van der Waals surface area (Å²) in [5.41, 5.74) is 2.19. The molecule has 0 unspecified atom stereocenters. The molecule has 0 N–H and O–H groups in total. The van der Waals surface area contributed by atoms with Crippen molar-refractivity contribution in [1.29, 1.82) is 0 Å². The predicted octanol–water partition coefficient (Wildman–Crippen LogP) is 3.80. The lowest BCUT2D eigenvalue weighted by atomic mass is 9.81. The highest BCUT2D eigenvalue weighted by Gasteiger charge is 2.53. The molecule has 0 aromatic heterocycles. The Bertz CT molecular complexity index is 485. The van der Waals surface area contributed by atoms with E-state index in [1.165, 1.54) is 11.1 Å². The molecule has 2 atom stereocenters. The van der Waals surface area contributed by atoms with Gasteiger partial charge >= 0.3 is 5.97 Å². The summed E-state index contributed by atoms with van der Waals surface area (Å²) in [6.07, 6.45) is 5.75. The molecule has 1 aromatic rings. The van der Waals surface area contributed by atoms with Crippen LogP contribution in [0.1, 0.15) is 43.2 Å². The molecule has 3 heteroatoms. The number of ether oxygens (including phenoxy) is 1. The normalized spacial score (nSPS) is 29.3. The highest BCUT2D eigenvalue weighted by atomic mass is 35.5. The summed E-state index contributed by atoms with van der Waals surface area (Å²) >= 11 is 5.81. The highest BCUT2D eigenvalue weighted by molar-refractivity contribution is 6.17. The van der Waals surface area contributed by atoms with E-state index < -0.39 is 0 Å². The standard InChI is InChI=1S/C16H19ClO2/c17-10-4-6-12-5-1-2-8-14(12)16-9-3-7-13(16)11-15(18)19-16/h1-2,5,8,13H,3-4,6-7,9-11H2/t13-,16-/m0/s1. The number of alkyl halides is 1. The van der Waals surface area contributed by atoms with Gasteiger partial charge in [-0.2, -0.15) is 0 Å². The van der Waals surface area contributed by atoms with Gasteiger partial charge < -0.3 is 4.74 Å². The molecule has 2 fully saturated rings. The molecule has 0 bridgehead atoms. The highest BCUT2D eigenvalue weighted by Crippen LogP contribution is 2.53. The van der Waals surface area contributed by atoms with E-state index >= 15 is 0 Å². The van der Waals surface area contributed by atoms with Crippen LogP contribution in [0.4, 0.5) is 0 Å². The van der Waals surface area contributed by atoms with Crippen LogP contribution in [0.15, 0.2) is 24.3 Å². The van der Waals surface area contributed by atoms with Crippen LogP contribution in [0.5, 0.6) is 0 Å². The zero-order valence-electron chi connectivity index (χ0n) is 11.0. The minimum absolute atomic E-state index is 0.0307. The van der Waals surface area contributed by atoms with Crippen LogP contribution in [0.3, 0.4) is 0 Å². The van der Waals surface area contributed by atoms with Gasteiger partial charge in [-0.3, -0.25) is 4.79 Å². The van der Waals surface area contributed by atoms with E-state index in [0.717, 1.165) is 32.1 Å². The molecule has 0 radical (unpaired) electrons. The Kier molecular flexibility index (Phi) is 3.53. The van der Waals surface area contributed by atoms with Gasteiger partial charge in [-0.25, -0.2) is 0 Å². The lowest BCUT2D eigenvalue weighted by Gasteiger charge is -2.30. The third-order valence-corrected chi connectivity index (χ3v) is 4.79. The third kappa shape index (κ3) is 2.16. The fourth-order valence-electron chi connectivity index (χ4n) is 3.71. The fourth-order valence-corrected chi connectivity index (χ4v) is 3.85.